The summed E-state index contributed by atoms with van der Waals surface area (Å²) in [6.07, 6.45) is 11.7. The van der Waals surface area contributed by atoms with Crippen LogP contribution >= 0.6 is 0 Å². The topological polar surface area (TPSA) is 64.5 Å². The molecule has 2 aliphatic rings. The molecule has 0 aromatic heterocycles. The highest BCUT2D eigenvalue weighted by Crippen LogP contribution is 2.46. The molecule has 224 valence electrons. The molecule has 0 aliphatic heterocycles. The number of hydrogen-bond acceptors (Lipinski definition) is 4. The van der Waals surface area contributed by atoms with Crippen LogP contribution in [0.2, 0.25) is 0 Å². The molecule has 0 amide bonds. The van der Waals surface area contributed by atoms with Crippen molar-refractivity contribution in [2.45, 2.75) is 6.42 Å². The molecule has 0 unspecified atom stereocenters. The normalized spacial score (nSPS) is 15.7. The van der Waals surface area contributed by atoms with Crippen LogP contribution in [0, 0.1) is 5.92 Å². The molecule has 0 spiro atoms. The monoisotopic (exact) mass is 598 g/mol. The first-order valence-electron chi connectivity index (χ1n) is 15.9. The van der Waals surface area contributed by atoms with Crippen molar-refractivity contribution >= 4 is 43.6 Å². The number of phenolic OH excluding ortho intramolecular Hbond substituents is 2. The van der Waals surface area contributed by atoms with E-state index in [4.69, 9.17) is 0 Å². The fraction of sp³-hybridized carbons (Fsp3) is 0.0952. The number of fused-ring (bicyclic) bond motifs is 4. The van der Waals surface area contributed by atoms with E-state index in [1.807, 2.05) is 48.5 Å². The molecule has 4 nitrogen and oxygen atoms in total. The van der Waals surface area contributed by atoms with Crippen LogP contribution in [-0.4, -0.2) is 23.3 Å². The van der Waals surface area contributed by atoms with Crippen LogP contribution in [0.25, 0.3) is 49.0 Å². The van der Waals surface area contributed by atoms with E-state index in [1.165, 1.54) is 5.57 Å². The molecule has 2 aliphatic carbocycles. The Labute approximate surface area is 268 Å². The van der Waals surface area contributed by atoms with Crippen LogP contribution in [-0.2, 0) is 0 Å². The fourth-order valence-electron chi connectivity index (χ4n) is 7.17. The zero-order chi connectivity index (χ0) is 31.0. The van der Waals surface area contributed by atoms with Gasteiger partial charge in [0.15, 0.2) is 0 Å². The fourth-order valence-corrected chi connectivity index (χ4v) is 7.17. The number of phenols is 2. The van der Waals surface area contributed by atoms with Gasteiger partial charge in [-0.15, -0.1) is 0 Å². The molecule has 8 rings (SSSR count). The predicted molar refractivity (Wildman–Crippen MR) is 192 cm³/mol. The zero-order valence-corrected chi connectivity index (χ0v) is 25.4. The van der Waals surface area contributed by atoms with Crippen LogP contribution in [0.15, 0.2) is 151 Å². The van der Waals surface area contributed by atoms with Crippen LogP contribution in [0.4, 0.5) is 5.69 Å². The van der Waals surface area contributed by atoms with E-state index in [9.17, 15) is 10.2 Å². The third-order valence-corrected chi connectivity index (χ3v) is 9.30. The molecule has 0 saturated carbocycles. The summed E-state index contributed by atoms with van der Waals surface area (Å²) < 4.78 is 0. The lowest BCUT2D eigenvalue weighted by molar-refractivity contribution is 0.473. The molecule has 46 heavy (non-hydrogen) atoms. The van der Waals surface area contributed by atoms with Crippen molar-refractivity contribution in [2.75, 3.05) is 18.4 Å². The van der Waals surface area contributed by atoms with Crippen molar-refractivity contribution in [3.63, 3.8) is 0 Å². The first-order chi connectivity index (χ1) is 22.7. The molecule has 0 saturated heterocycles. The lowest BCUT2D eigenvalue weighted by Gasteiger charge is -2.30. The summed E-state index contributed by atoms with van der Waals surface area (Å²) in [5.74, 6) is 0.716. The van der Waals surface area contributed by atoms with Gasteiger partial charge < -0.3 is 20.8 Å². The number of aromatic hydroxyl groups is 2. The van der Waals surface area contributed by atoms with Crippen molar-refractivity contribution in [3.05, 3.63) is 156 Å². The minimum atomic E-state index is 0.156. The van der Waals surface area contributed by atoms with E-state index in [0.29, 0.717) is 18.8 Å². The summed E-state index contributed by atoms with van der Waals surface area (Å²) in [4.78, 5) is 0. The molecule has 0 radical (unpaired) electrons. The number of allylic oxidation sites excluding steroid dienone is 7. The van der Waals surface area contributed by atoms with Gasteiger partial charge in [0.2, 0.25) is 0 Å². The highest BCUT2D eigenvalue weighted by Gasteiger charge is 2.28. The second-order valence-electron chi connectivity index (χ2n) is 12.0. The minimum Gasteiger partial charge on any atom is -0.507 e. The molecule has 0 fully saturated rings. The van der Waals surface area contributed by atoms with E-state index in [-0.39, 0.29) is 11.7 Å². The Hall–Kier alpha value is -5.74. The predicted octanol–water partition coefficient (Wildman–Crippen LogP) is 9.71. The second-order valence-corrected chi connectivity index (χ2v) is 12.0. The molecular formula is C42H34N2O2. The maximum atomic E-state index is 11.3. The number of hydrogen-bond donors (Lipinski definition) is 4. The van der Waals surface area contributed by atoms with Gasteiger partial charge in [0.05, 0.1) is 0 Å². The summed E-state index contributed by atoms with van der Waals surface area (Å²) in [5, 5.41) is 36.4. The zero-order valence-electron chi connectivity index (χ0n) is 25.4. The van der Waals surface area contributed by atoms with Gasteiger partial charge in [0, 0.05) is 47.1 Å². The lowest BCUT2D eigenvalue weighted by atomic mass is 9.76. The Morgan fingerprint density at radius 3 is 1.83 bits per heavy atom. The van der Waals surface area contributed by atoms with Gasteiger partial charge >= 0.3 is 0 Å². The van der Waals surface area contributed by atoms with Gasteiger partial charge in [0.1, 0.15) is 11.5 Å². The summed E-state index contributed by atoms with van der Waals surface area (Å²) in [5.41, 5.74) is 7.10. The van der Waals surface area contributed by atoms with Crippen LogP contribution < -0.4 is 10.6 Å². The number of anilines is 1. The largest absolute Gasteiger partial charge is 0.507 e. The molecule has 6 aromatic carbocycles. The first kappa shape index (κ1) is 27.8. The Kier molecular flexibility index (Phi) is 7.03. The molecular weight excluding hydrogens is 564 g/mol. The molecule has 6 aromatic rings. The quantitative estimate of drug-likeness (QED) is 0.138. The van der Waals surface area contributed by atoms with Gasteiger partial charge in [-0.3, -0.25) is 0 Å². The molecule has 4 heteroatoms. The Bertz CT molecular complexity index is 2270. The molecule has 0 heterocycles. The molecule has 0 bridgehead atoms. The van der Waals surface area contributed by atoms with Crippen LogP contribution in [0.1, 0.15) is 12.0 Å². The standard InChI is InChI=1S/C42H34N2O2/c45-37-23-19-29-11-3-7-15-33(29)41(37)39-31-13-5-1-9-27(31)17-21-35(39)43-25-26-44-36-22-18-28-10-2-6-14-32(28)40(36)42-34-16-8-4-12-30(34)20-24-38(42)46/h1-13,15-24,32,43-46H,14,25-26H2/t32-/m0/s1. The van der Waals surface area contributed by atoms with E-state index < -0.39 is 0 Å². The van der Waals surface area contributed by atoms with Gasteiger partial charge in [0.25, 0.3) is 0 Å². The summed E-state index contributed by atoms with van der Waals surface area (Å²) in [6.45, 7) is 1.31. The lowest BCUT2D eigenvalue weighted by Crippen LogP contribution is -2.25. The highest BCUT2D eigenvalue weighted by molar-refractivity contribution is 6.11. The van der Waals surface area contributed by atoms with Crippen LogP contribution in [0.5, 0.6) is 11.5 Å². The molecule has 4 N–H and O–H groups in total. The van der Waals surface area contributed by atoms with Gasteiger partial charge in [-0.2, -0.15) is 0 Å². The average molecular weight is 599 g/mol. The van der Waals surface area contributed by atoms with Crippen molar-refractivity contribution in [1.29, 1.82) is 0 Å². The van der Waals surface area contributed by atoms with E-state index in [2.05, 4.69) is 95.6 Å². The van der Waals surface area contributed by atoms with Crippen molar-refractivity contribution < 1.29 is 10.2 Å². The van der Waals surface area contributed by atoms with E-state index in [1.54, 1.807) is 6.07 Å². The van der Waals surface area contributed by atoms with Crippen molar-refractivity contribution in [3.8, 4) is 22.6 Å². The summed E-state index contributed by atoms with van der Waals surface area (Å²) in [7, 11) is 0. The summed E-state index contributed by atoms with van der Waals surface area (Å²) in [6, 6.07) is 36.6. The second kappa shape index (κ2) is 11.6. The first-order valence-corrected chi connectivity index (χ1v) is 15.9. The van der Waals surface area contributed by atoms with Gasteiger partial charge in [-0.1, -0.05) is 115 Å². The third-order valence-electron chi connectivity index (χ3n) is 9.30. The van der Waals surface area contributed by atoms with E-state index in [0.717, 1.165) is 72.4 Å². The summed E-state index contributed by atoms with van der Waals surface area (Å²) >= 11 is 0. The highest BCUT2D eigenvalue weighted by atomic mass is 16.3. The maximum absolute atomic E-state index is 11.3. The average Bonchev–Trinajstić information content (AvgIpc) is 3.10. The minimum absolute atomic E-state index is 0.156. The van der Waals surface area contributed by atoms with Gasteiger partial charge in [-0.05, 0) is 74.2 Å². The Balaban J connectivity index is 1.15. The number of benzene rings is 6. The van der Waals surface area contributed by atoms with E-state index >= 15 is 0 Å². The molecule has 1 atom stereocenters. The maximum Gasteiger partial charge on any atom is 0.124 e. The van der Waals surface area contributed by atoms with Crippen molar-refractivity contribution in [1.82, 2.24) is 5.32 Å². The number of nitrogens with one attached hydrogen (secondary N) is 2. The van der Waals surface area contributed by atoms with Crippen LogP contribution in [0.3, 0.4) is 0 Å². The Morgan fingerprint density at radius 2 is 1.13 bits per heavy atom. The SMILES string of the molecule is Oc1ccc2ccccc2c1C1=C(NCCNc2ccc3ccccc3c2-c2c(O)ccc3ccccc23)C=CC2=CC=CC[C@@H]21. The van der Waals surface area contributed by atoms with Crippen molar-refractivity contribution in [2.24, 2.45) is 5.92 Å². The Morgan fingerprint density at radius 1 is 0.565 bits per heavy atom. The number of rotatable bonds is 7. The third kappa shape index (κ3) is 4.79. The smallest absolute Gasteiger partial charge is 0.124 e. The van der Waals surface area contributed by atoms with Gasteiger partial charge in [-0.25, -0.2) is 0 Å².